The Labute approximate surface area is 88.5 Å². The molecule has 0 unspecified atom stereocenters. The number of rotatable bonds is 2. The Hall–Kier alpha value is -1.55. The van der Waals surface area contributed by atoms with Crippen LogP contribution < -0.4 is 10.2 Å². The summed E-state index contributed by atoms with van der Waals surface area (Å²) in [6.45, 7) is 2.87. The Morgan fingerprint density at radius 3 is 3.07 bits per heavy atom. The fraction of sp³-hybridized carbons (Fsp3) is 0.364. The van der Waals surface area contributed by atoms with Crippen molar-refractivity contribution in [3.05, 3.63) is 23.8 Å². The SMILES string of the molecule is Cc1ccc2c(c1)N(CCO)CC(=O)N2. The number of benzene rings is 1. The summed E-state index contributed by atoms with van der Waals surface area (Å²) in [6, 6.07) is 5.87. The predicted molar refractivity (Wildman–Crippen MR) is 59.1 cm³/mol. The van der Waals surface area contributed by atoms with Crippen LogP contribution >= 0.6 is 0 Å². The zero-order valence-electron chi connectivity index (χ0n) is 8.66. The maximum absolute atomic E-state index is 11.4. The number of carbonyl (C=O) groups is 1. The van der Waals surface area contributed by atoms with Crippen LogP contribution in [-0.4, -0.2) is 30.7 Å². The van der Waals surface area contributed by atoms with Gasteiger partial charge in [0.25, 0.3) is 0 Å². The van der Waals surface area contributed by atoms with Crippen LogP contribution in [0.1, 0.15) is 5.56 Å². The zero-order chi connectivity index (χ0) is 10.8. The molecule has 1 aromatic rings. The standard InChI is InChI=1S/C11H14N2O2/c1-8-2-3-9-10(6-8)13(4-5-14)7-11(15)12-9/h2-3,6,14H,4-5,7H2,1H3,(H,12,15). The Kier molecular flexibility index (Phi) is 2.60. The minimum atomic E-state index is -0.0280. The highest BCUT2D eigenvalue weighted by Crippen LogP contribution is 2.29. The molecular formula is C11H14N2O2. The van der Waals surface area contributed by atoms with E-state index in [9.17, 15) is 4.79 Å². The van der Waals surface area contributed by atoms with Gasteiger partial charge >= 0.3 is 0 Å². The predicted octanol–water partition coefficient (Wildman–Crippen LogP) is 0.746. The molecular weight excluding hydrogens is 192 g/mol. The van der Waals surface area contributed by atoms with Crippen LogP contribution in [0.25, 0.3) is 0 Å². The van der Waals surface area contributed by atoms with Gasteiger partial charge in [-0.05, 0) is 24.6 Å². The van der Waals surface area contributed by atoms with Gasteiger partial charge in [0.15, 0.2) is 0 Å². The highest BCUT2D eigenvalue weighted by Gasteiger charge is 2.20. The van der Waals surface area contributed by atoms with E-state index in [1.807, 2.05) is 30.0 Å². The smallest absolute Gasteiger partial charge is 0.243 e. The molecule has 4 nitrogen and oxygen atoms in total. The molecule has 0 atom stereocenters. The fourth-order valence-corrected chi connectivity index (χ4v) is 1.78. The van der Waals surface area contributed by atoms with Crippen molar-refractivity contribution in [2.75, 3.05) is 29.9 Å². The Morgan fingerprint density at radius 2 is 2.33 bits per heavy atom. The van der Waals surface area contributed by atoms with Crippen molar-refractivity contribution in [3.8, 4) is 0 Å². The highest BCUT2D eigenvalue weighted by atomic mass is 16.3. The fourth-order valence-electron chi connectivity index (χ4n) is 1.78. The minimum Gasteiger partial charge on any atom is -0.395 e. The van der Waals surface area contributed by atoms with Crippen LogP contribution in [0.2, 0.25) is 0 Å². The van der Waals surface area contributed by atoms with E-state index in [2.05, 4.69) is 5.32 Å². The number of hydrogen-bond donors (Lipinski definition) is 2. The number of nitrogens with one attached hydrogen (secondary N) is 1. The molecule has 2 rings (SSSR count). The third kappa shape index (κ3) is 1.94. The molecule has 0 aromatic heterocycles. The second-order valence-corrected chi connectivity index (χ2v) is 3.71. The Bertz CT molecular complexity index is 390. The van der Waals surface area contributed by atoms with Crippen molar-refractivity contribution in [2.45, 2.75) is 6.92 Å². The van der Waals surface area contributed by atoms with Crippen molar-refractivity contribution >= 4 is 17.3 Å². The number of hydrogen-bond acceptors (Lipinski definition) is 3. The number of fused-ring (bicyclic) bond motifs is 1. The molecule has 0 saturated heterocycles. The number of nitrogens with zero attached hydrogens (tertiary/aromatic N) is 1. The molecule has 0 aliphatic carbocycles. The number of amides is 1. The van der Waals surface area contributed by atoms with Gasteiger partial charge in [-0.1, -0.05) is 6.07 Å². The van der Waals surface area contributed by atoms with Crippen LogP contribution in [0.4, 0.5) is 11.4 Å². The van der Waals surface area contributed by atoms with Gasteiger partial charge in [-0.25, -0.2) is 0 Å². The van der Waals surface area contributed by atoms with Crippen LogP contribution in [0.5, 0.6) is 0 Å². The summed E-state index contributed by atoms with van der Waals surface area (Å²) in [5, 5.41) is 11.7. The van der Waals surface area contributed by atoms with E-state index in [0.717, 1.165) is 16.9 Å². The topological polar surface area (TPSA) is 52.6 Å². The van der Waals surface area contributed by atoms with E-state index in [1.54, 1.807) is 0 Å². The molecule has 0 spiro atoms. The van der Waals surface area contributed by atoms with Crippen LogP contribution in [0, 0.1) is 6.92 Å². The van der Waals surface area contributed by atoms with E-state index >= 15 is 0 Å². The van der Waals surface area contributed by atoms with E-state index in [4.69, 9.17) is 5.11 Å². The van der Waals surface area contributed by atoms with Gasteiger partial charge in [0.05, 0.1) is 24.5 Å². The molecule has 1 aliphatic rings. The molecule has 0 radical (unpaired) electrons. The maximum atomic E-state index is 11.4. The normalized spacial score (nSPS) is 14.8. The minimum absolute atomic E-state index is 0.0280. The summed E-state index contributed by atoms with van der Waals surface area (Å²) in [5.41, 5.74) is 2.96. The summed E-state index contributed by atoms with van der Waals surface area (Å²) in [6.07, 6.45) is 0. The Balaban J connectivity index is 2.38. The van der Waals surface area contributed by atoms with Crippen molar-refractivity contribution < 1.29 is 9.90 Å². The Morgan fingerprint density at radius 1 is 1.53 bits per heavy atom. The molecule has 0 saturated carbocycles. The number of β-amino-alcohol motifs (C(OH)–C–C–N with tert-alkyl or cyclic N) is 1. The second kappa shape index (κ2) is 3.90. The number of aryl methyl sites for hydroxylation is 1. The molecule has 15 heavy (non-hydrogen) atoms. The number of carbonyl (C=O) groups excluding carboxylic acids is 1. The summed E-state index contributed by atoms with van der Waals surface area (Å²) >= 11 is 0. The highest BCUT2D eigenvalue weighted by molar-refractivity contribution is 6.01. The van der Waals surface area contributed by atoms with E-state index < -0.39 is 0 Å². The lowest BCUT2D eigenvalue weighted by Crippen LogP contribution is -2.39. The third-order valence-corrected chi connectivity index (χ3v) is 2.47. The van der Waals surface area contributed by atoms with Crippen molar-refractivity contribution in [3.63, 3.8) is 0 Å². The number of aliphatic hydroxyl groups excluding tert-OH is 1. The maximum Gasteiger partial charge on any atom is 0.243 e. The molecule has 4 heteroatoms. The summed E-state index contributed by atoms with van der Waals surface area (Å²) in [4.78, 5) is 13.3. The first-order valence-electron chi connectivity index (χ1n) is 4.97. The zero-order valence-corrected chi connectivity index (χ0v) is 8.66. The first-order valence-corrected chi connectivity index (χ1v) is 4.97. The van der Waals surface area contributed by atoms with Crippen LogP contribution in [0.3, 0.4) is 0 Å². The molecule has 0 fully saturated rings. The van der Waals surface area contributed by atoms with Crippen molar-refractivity contribution in [2.24, 2.45) is 0 Å². The summed E-state index contributed by atoms with van der Waals surface area (Å²) < 4.78 is 0. The van der Waals surface area contributed by atoms with E-state index in [1.165, 1.54) is 0 Å². The average molecular weight is 206 g/mol. The lowest BCUT2D eigenvalue weighted by molar-refractivity contribution is -0.115. The average Bonchev–Trinajstić information content (AvgIpc) is 2.19. The molecule has 0 bridgehead atoms. The lowest BCUT2D eigenvalue weighted by Gasteiger charge is -2.30. The van der Waals surface area contributed by atoms with E-state index in [0.29, 0.717) is 13.1 Å². The monoisotopic (exact) mass is 206 g/mol. The molecule has 1 heterocycles. The number of aliphatic hydroxyl groups is 1. The molecule has 2 N–H and O–H groups in total. The van der Waals surface area contributed by atoms with Gasteiger partial charge in [0.1, 0.15) is 0 Å². The van der Waals surface area contributed by atoms with E-state index in [-0.39, 0.29) is 12.5 Å². The van der Waals surface area contributed by atoms with Gasteiger partial charge < -0.3 is 15.3 Å². The van der Waals surface area contributed by atoms with Crippen molar-refractivity contribution in [1.29, 1.82) is 0 Å². The van der Waals surface area contributed by atoms with Gasteiger partial charge in [0.2, 0.25) is 5.91 Å². The van der Waals surface area contributed by atoms with Crippen LogP contribution in [0.15, 0.2) is 18.2 Å². The first kappa shape index (κ1) is 9.98. The van der Waals surface area contributed by atoms with Gasteiger partial charge in [-0.15, -0.1) is 0 Å². The largest absolute Gasteiger partial charge is 0.395 e. The summed E-state index contributed by atoms with van der Waals surface area (Å²) in [7, 11) is 0. The van der Waals surface area contributed by atoms with Gasteiger partial charge in [-0.3, -0.25) is 4.79 Å². The molecule has 1 aliphatic heterocycles. The lowest BCUT2D eigenvalue weighted by atomic mass is 10.1. The first-order chi connectivity index (χ1) is 7.20. The molecule has 1 amide bonds. The third-order valence-electron chi connectivity index (χ3n) is 2.47. The second-order valence-electron chi connectivity index (χ2n) is 3.71. The van der Waals surface area contributed by atoms with Crippen molar-refractivity contribution in [1.82, 2.24) is 0 Å². The summed E-state index contributed by atoms with van der Waals surface area (Å²) in [5.74, 6) is -0.0280. The van der Waals surface area contributed by atoms with Gasteiger partial charge in [-0.2, -0.15) is 0 Å². The van der Waals surface area contributed by atoms with Gasteiger partial charge in [0, 0.05) is 6.54 Å². The quantitative estimate of drug-likeness (QED) is 0.750. The number of anilines is 2. The molecule has 80 valence electrons. The molecule has 1 aromatic carbocycles. The van der Waals surface area contributed by atoms with Crippen LogP contribution in [-0.2, 0) is 4.79 Å².